The first-order valence-electron chi connectivity index (χ1n) is 13.2. The Morgan fingerprint density at radius 1 is 0.837 bits per heavy atom. The summed E-state index contributed by atoms with van der Waals surface area (Å²) in [6.07, 6.45) is -0.358. The molecule has 3 N–H and O–H groups in total. The number of hydrogen-bond donors (Lipinski definition) is 3. The van der Waals surface area contributed by atoms with Gasteiger partial charge in [-0.05, 0) is 43.7 Å². The van der Waals surface area contributed by atoms with Crippen LogP contribution in [-0.2, 0) is 20.9 Å². The van der Waals surface area contributed by atoms with E-state index >= 15 is 0 Å². The number of nitrogens with one attached hydrogen (secondary N) is 3. The van der Waals surface area contributed by atoms with E-state index < -0.39 is 29.7 Å². The van der Waals surface area contributed by atoms with Gasteiger partial charge in [-0.3, -0.25) is 19.2 Å². The van der Waals surface area contributed by atoms with E-state index in [1.807, 2.05) is 32.0 Å². The number of fused-ring (bicyclic) bond motifs is 1. The van der Waals surface area contributed by atoms with Crippen molar-refractivity contribution >= 4 is 35.1 Å². The van der Waals surface area contributed by atoms with Crippen molar-refractivity contribution in [1.29, 1.82) is 0 Å². The average Bonchev–Trinajstić information content (AvgIpc) is 3.09. The fourth-order valence-electron chi connectivity index (χ4n) is 4.72. The van der Waals surface area contributed by atoms with Gasteiger partial charge in [0.25, 0.3) is 11.8 Å². The topological polar surface area (TPSA) is 151 Å². The van der Waals surface area contributed by atoms with Crippen molar-refractivity contribution in [3.63, 3.8) is 0 Å². The summed E-state index contributed by atoms with van der Waals surface area (Å²) in [4.78, 5) is 51.4. The van der Waals surface area contributed by atoms with Crippen LogP contribution in [0.25, 0.3) is 0 Å². The number of aryl methyl sites for hydroxylation is 2. The fourth-order valence-corrected chi connectivity index (χ4v) is 4.72. The monoisotopic (exact) mass is 591 g/mol. The zero-order valence-electron chi connectivity index (χ0n) is 24.7. The fraction of sp³-hybridized carbons (Fsp3) is 0.290. The molecule has 0 aliphatic carbocycles. The average molecular weight is 592 g/mol. The van der Waals surface area contributed by atoms with Crippen LogP contribution in [0.1, 0.15) is 43.8 Å². The minimum Gasteiger partial charge on any atom is -0.493 e. The lowest BCUT2D eigenvalue weighted by Crippen LogP contribution is -2.42. The Bertz CT molecular complexity index is 1540. The summed E-state index contributed by atoms with van der Waals surface area (Å²) in [5.74, 6) is -1.40. The highest BCUT2D eigenvalue weighted by Crippen LogP contribution is 2.39. The quantitative estimate of drug-likeness (QED) is 0.299. The van der Waals surface area contributed by atoms with Crippen molar-refractivity contribution in [2.45, 2.75) is 32.9 Å². The second-order valence-electron chi connectivity index (χ2n) is 9.84. The molecule has 0 unspecified atom stereocenters. The summed E-state index contributed by atoms with van der Waals surface area (Å²) in [6, 6.07) is 10.6. The molecule has 0 fully saturated rings. The molecule has 3 aromatic rings. The van der Waals surface area contributed by atoms with Crippen molar-refractivity contribution in [3.8, 4) is 23.0 Å². The summed E-state index contributed by atoms with van der Waals surface area (Å²) >= 11 is 0. The number of hydrogen-bond acceptors (Lipinski definition) is 9. The zero-order valence-corrected chi connectivity index (χ0v) is 24.7. The van der Waals surface area contributed by atoms with Crippen LogP contribution >= 0.6 is 0 Å². The SMILES string of the molecule is COC(=O)C[C@@H]1NC(=O)c2cc(OCc3cc(C)cc(C)c3)c(NC(=O)c3cc(OC)c(OC)c(OC)c3)cc2NC1=O. The Labute approximate surface area is 248 Å². The highest BCUT2D eigenvalue weighted by Gasteiger charge is 2.31. The first-order chi connectivity index (χ1) is 20.6. The van der Waals surface area contributed by atoms with E-state index in [0.29, 0.717) is 5.75 Å². The number of amides is 3. The van der Waals surface area contributed by atoms with Gasteiger partial charge < -0.3 is 39.6 Å². The molecule has 0 aromatic heterocycles. The van der Waals surface area contributed by atoms with Crippen molar-refractivity contribution in [1.82, 2.24) is 5.32 Å². The molecule has 0 saturated carbocycles. The van der Waals surface area contributed by atoms with Gasteiger partial charge in [0.05, 0.1) is 51.8 Å². The lowest BCUT2D eigenvalue weighted by molar-refractivity contribution is -0.142. The maximum atomic E-state index is 13.5. The molecule has 3 amide bonds. The highest BCUT2D eigenvalue weighted by atomic mass is 16.5. The van der Waals surface area contributed by atoms with E-state index in [1.165, 1.54) is 52.7 Å². The molecule has 226 valence electrons. The number of benzene rings is 3. The van der Waals surface area contributed by atoms with Gasteiger partial charge in [-0.15, -0.1) is 0 Å². The molecule has 12 heteroatoms. The third-order valence-corrected chi connectivity index (χ3v) is 6.69. The number of carbonyl (C=O) groups is 4. The molecule has 1 aliphatic rings. The second-order valence-corrected chi connectivity index (χ2v) is 9.84. The number of anilines is 2. The second kappa shape index (κ2) is 13.1. The smallest absolute Gasteiger partial charge is 0.308 e. The van der Waals surface area contributed by atoms with Crippen molar-refractivity contribution in [2.75, 3.05) is 39.1 Å². The van der Waals surface area contributed by atoms with Gasteiger partial charge in [0.1, 0.15) is 18.4 Å². The number of carbonyl (C=O) groups excluding carboxylic acids is 4. The van der Waals surface area contributed by atoms with Gasteiger partial charge in [0.2, 0.25) is 11.7 Å². The summed E-state index contributed by atoms with van der Waals surface area (Å²) < 4.78 is 26.9. The van der Waals surface area contributed by atoms with E-state index in [9.17, 15) is 19.2 Å². The van der Waals surface area contributed by atoms with Gasteiger partial charge in [-0.1, -0.05) is 29.3 Å². The molecule has 43 heavy (non-hydrogen) atoms. The Balaban J connectivity index is 1.73. The van der Waals surface area contributed by atoms with Crippen molar-refractivity contribution < 1.29 is 42.9 Å². The lowest BCUT2D eigenvalue weighted by Gasteiger charge is -2.18. The summed E-state index contributed by atoms with van der Waals surface area (Å²) in [7, 11) is 5.52. The van der Waals surface area contributed by atoms with E-state index in [-0.39, 0.29) is 52.8 Å². The van der Waals surface area contributed by atoms with Crippen molar-refractivity contribution in [3.05, 3.63) is 70.3 Å². The zero-order chi connectivity index (χ0) is 31.3. The van der Waals surface area contributed by atoms with Gasteiger partial charge >= 0.3 is 5.97 Å². The molecule has 12 nitrogen and oxygen atoms in total. The van der Waals surface area contributed by atoms with Crippen LogP contribution in [0, 0.1) is 13.8 Å². The Morgan fingerprint density at radius 3 is 2.07 bits per heavy atom. The third kappa shape index (κ3) is 6.97. The molecule has 4 rings (SSSR count). The molecule has 1 heterocycles. The van der Waals surface area contributed by atoms with Gasteiger partial charge in [-0.2, -0.15) is 0 Å². The first kappa shape index (κ1) is 30.7. The Kier molecular flexibility index (Phi) is 9.39. The minimum atomic E-state index is -1.16. The van der Waals surface area contributed by atoms with Gasteiger partial charge in [0.15, 0.2) is 11.5 Å². The normalized spacial score (nSPS) is 14.0. The molecule has 1 atom stereocenters. The van der Waals surface area contributed by atoms with E-state index in [4.69, 9.17) is 18.9 Å². The molecule has 3 aromatic carbocycles. The Hall–Kier alpha value is -5.26. The maximum absolute atomic E-state index is 13.5. The molecule has 0 radical (unpaired) electrons. The number of ether oxygens (including phenoxy) is 5. The summed E-state index contributed by atoms with van der Waals surface area (Å²) in [6.45, 7) is 4.08. The van der Waals surface area contributed by atoms with E-state index in [2.05, 4.69) is 20.7 Å². The van der Waals surface area contributed by atoms with Crippen LogP contribution in [0.15, 0.2) is 42.5 Å². The van der Waals surface area contributed by atoms with Crippen LogP contribution in [0.2, 0.25) is 0 Å². The van der Waals surface area contributed by atoms with Crippen molar-refractivity contribution in [2.24, 2.45) is 0 Å². The van der Waals surface area contributed by atoms with Crippen LogP contribution in [0.5, 0.6) is 23.0 Å². The van der Waals surface area contributed by atoms with Crippen LogP contribution < -0.4 is 34.9 Å². The number of esters is 1. The lowest BCUT2D eigenvalue weighted by atomic mass is 10.1. The Morgan fingerprint density at radius 2 is 1.49 bits per heavy atom. The molecule has 0 bridgehead atoms. The predicted octanol–water partition coefficient (Wildman–Crippen LogP) is 3.77. The van der Waals surface area contributed by atoms with Crippen LogP contribution in [-0.4, -0.2) is 58.2 Å². The van der Waals surface area contributed by atoms with Gasteiger partial charge in [-0.25, -0.2) is 0 Å². The molecule has 0 spiro atoms. The largest absolute Gasteiger partial charge is 0.493 e. The molecular weight excluding hydrogens is 558 g/mol. The van der Waals surface area contributed by atoms with E-state index in [0.717, 1.165) is 16.7 Å². The third-order valence-electron chi connectivity index (χ3n) is 6.69. The number of rotatable bonds is 10. The molecular formula is C31H33N3O9. The van der Waals surface area contributed by atoms with Gasteiger partial charge in [0, 0.05) is 5.56 Å². The predicted molar refractivity (Wildman–Crippen MR) is 157 cm³/mol. The standard InChI is InChI=1S/C31H33N3O9/c1-16-7-17(2)9-18(8-16)15-43-24-12-20-21(32-31(38)23(34-30(20)37)14-27(35)41-5)13-22(24)33-29(36)19-10-25(39-3)28(42-6)26(11-19)40-4/h7-13,23H,14-15H2,1-6H3,(H,32,38)(H,33,36)(H,34,37)/t23-/m0/s1. The first-order valence-corrected chi connectivity index (χ1v) is 13.2. The van der Waals surface area contributed by atoms with Crippen LogP contribution in [0.3, 0.4) is 0 Å². The molecule has 1 aliphatic heterocycles. The van der Waals surface area contributed by atoms with Crippen LogP contribution in [0.4, 0.5) is 11.4 Å². The maximum Gasteiger partial charge on any atom is 0.308 e. The summed E-state index contributed by atoms with van der Waals surface area (Å²) in [5, 5.41) is 8.02. The number of methoxy groups -OCH3 is 4. The van der Waals surface area contributed by atoms with E-state index in [1.54, 1.807) is 0 Å². The highest BCUT2D eigenvalue weighted by molar-refractivity contribution is 6.13. The molecule has 0 saturated heterocycles. The minimum absolute atomic E-state index is 0.0851. The summed E-state index contributed by atoms with van der Waals surface area (Å²) in [5.41, 5.74) is 3.55.